The molecule has 3 saturated carbocycles. The summed E-state index contributed by atoms with van der Waals surface area (Å²) >= 11 is 0. The molecular weight excluding hydrogens is 386 g/mol. The third-order valence-electron chi connectivity index (χ3n) is 10.4. The lowest BCUT2D eigenvalue weighted by Crippen LogP contribution is -2.61. The van der Waals surface area contributed by atoms with Crippen molar-refractivity contribution in [3.05, 3.63) is 0 Å². The quantitative estimate of drug-likeness (QED) is 0.539. The SMILES string of the molecule is CC(COC(=O)C(C)(C)C)[C@H]1CC[C@H]2[C@@H]3CC[C@H]4N(C)C(=O)CC[C@]4(C)[C@H]3CC[C@]12C. The predicted molar refractivity (Wildman–Crippen MR) is 123 cm³/mol. The van der Waals surface area contributed by atoms with E-state index in [0.29, 0.717) is 41.2 Å². The van der Waals surface area contributed by atoms with Crippen LogP contribution in [0.15, 0.2) is 0 Å². The van der Waals surface area contributed by atoms with Gasteiger partial charge in [0, 0.05) is 19.5 Å². The van der Waals surface area contributed by atoms with Crippen LogP contribution in [0.25, 0.3) is 0 Å². The van der Waals surface area contributed by atoms with Crippen LogP contribution in [-0.2, 0) is 14.3 Å². The molecule has 4 fully saturated rings. The van der Waals surface area contributed by atoms with Crippen LogP contribution in [0.1, 0.15) is 92.9 Å². The molecule has 3 aliphatic carbocycles. The van der Waals surface area contributed by atoms with Gasteiger partial charge in [-0.15, -0.1) is 0 Å². The number of rotatable bonds is 3. The number of piperidine rings is 1. The Morgan fingerprint density at radius 3 is 2.42 bits per heavy atom. The molecule has 31 heavy (non-hydrogen) atoms. The lowest BCUT2D eigenvalue weighted by molar-refractivity contribution is -0.160. The number of carbonyl (C=O) groups is 2. The maximum Gasteiger partial charge on any atom is 0.311 e. The molecule has 1 heterocycles. The largest absolute Gasteiger partial charge is 0.465 e. The molecule has 176 valence electrons. The van der Waals surface area contributed by atoms with Crippen molar-refractivity contribution >= 4 is 11.9 Å². The zero-order valence-corrected chi connectivity index (χ0v) is 21.0. The van der Waals surface area contributed by atoms with Crippen LogP contribution < -0.4 is 0 Å². The molecule has 4 rings (SSSR count). The van der Waals surface area contributed by atoms with E-state index in [2.05, 4.69) is 25.7 Å². The van der Waals surface area contributed by atoms with Gasteiger partial charge in [-0.25, -0.2) is 0 Å². The van der Waals surface area contributed by atoms with Gasteiger partial charge in [-0.2, -0.15) is 0 Å². The summed E-state index contributed by atoms with van der Waals surface area (Å²) in [5, 5.41) is 0. The number of ether oxygens (including phenoxy) is 1. The highest BCUT2D eigenvalue weighted by molar-refractivity contribution is 5.77. The second-order valence-corrected chi connectivity index (χ2v) is 13.0. The Kier molecular flexibility index (Phi) is 5.79. The van der Waals surface area contributed by atoms with Crippen LogP contribution in [0.3, 0.4) is 0 Å². The lowest BCUT2D eigenvalue weighted by Gasteiger charge is -2.62. The predicted octanol–water partition coefficient (Wildman–Crippen LogP) is 5.69. The fourth-order valence-corrected chi connectivity index (χ4v) is 8.67. The highest BCUT2D eigenvalue weighted by Crippen LogP contribution is 2.67. The Morgan fingerprint density at radius 2 is 1.74 bits per heavy atom. The summed E-state index contributed by atoms with van der Waals surface area (Å²) in [6, 6.07) is 0.437. The molecule has 4 aliphatic rings. The number of likely N-dealkylation sites (tertiary alicyclic amines) is 1. The monoisotopic (exact) mass is 431 g/mol. The molecule has 1 saturated heterocycles. The number of hydrogen-bond acceptors (Lipinski definition) is 3. The van der Waals surface area contributed by atoms with Crippen LogP contribution in [0, 0.1) is 45.8 Å². The second kappa shape index (κ2) is 7.76. The van der Waals surface area contributed by atoms with E-state index >= 15 is 0 Å². The maximum atomic E-state index is 12.4. The van der Waals surface area contributed by atoms with Crippen LogP contribution in [0.4, 0.5) is 0 Å². The third kappa shape index (κ3) is 3.64. The smallest absolute Gasteiger partial charge is 0.311 e. The highest BCUT2D eigenvalue weighted by atomic mass is 16.5. The normalized spacial score (nSPS) is 43.6. The standard InChI is InChI=1S/C27H45NO3/c1-17(16-31-24(30)25(2,3)4)19-9-10-20-18-8-11-22-27(6,15-13-23(29)28(22)7)21(18)12-14-26(19,20)5/h17-22H,8-16H2,1-7H3/t17?,18-,19+,20-,21-,22+,26+,27+/m0/s1. The molecule has 4 nitrogen and oxygen atoms in total. The fourth-order valence-electron chi connectivity index (χ4n) is 8.67. The van der Waals surface area contributed by atoms with Crippen molar-refractivity contribution in [3.63, 3.8) is 0 Å². The van der Waals surface area contributed by atoms with Gasteiger partial charge in [-0.3, -0.25) is 9.59 Å². The fraction of sp³-hybridized carbons (Fsp3) is 0.926. The van der Waals surface area contributed by atoms with E-state index < -0.39 is 5.41 Å². The Labute approximate surface area is 189 Å². The molecule has 0 bridgehead atoms. The van der Waals surface area contributed by atoms with Crippen LogP contribution in [0.5, 0.6) is 0 Å². The Morgan fingerprint density at radius 1 is 1.06 bits per heavy atom. The van der Waals surface area contributed by atoms with Gasteiger partial charge < -0.3 is 9.64 Å². The summed E-state index contributed by atoms with van der Waals surface area (Å²) in [7, 11) is 2.05. The zero-order valence-electron chi connectivity index (χ0n) is 21.0. The third-order valence-corrected chi connectivity index (χ3v) is 10.4. The number of hydrogen-bond donors (Lipinski definition) is 0. The van der Waals surface area contributed by atoms with Crippen LogP contribution >= 0.6 is 0 Å². The van der Waals surface area contributed by atoms with Crippen molar-refractivity contribution < 1.29 is 14.3 Å². The molecule has 8 atom stereocenters. The minimum absolute atomic E-state index is 0.0787. The number of nitrogens with zero attached hydrogens (tertiary/aromatic N) is 1. The number of esters is 1. The van der Waals surface area contributed by atoms with Gasteiger partial charge in [0.1, 0.15) is 0 Å². The topological polar surface area (TPSA) is 46.6 Å². The van der Waals surface area contributed by atoms with Gasteiger partial charge in [-0.1, -0.05) is 20.8 Å². The molecule has 0 radical (unpaired) electrons. The van der Waals surface area contributed by atoms with Crippen LogP contribution in [0.2, 0.25) is 0 Å². The van der Waals surface area contributed by atoms with E-state index in [4.69, 9.17) is 4.74 Å². The zero-order chi connectivity index (χ0) is 22.8. The van der Waals surface area contributed by atoms with Crippen molar-refractivity contribution in [3.8, 4) is 0 Å². The van der Waals surface area contributed by atoms with E-state index in [1.807, 2.05) is 27.8 Å². The lowest BCUT2D eigenvalue weighted by atomic mass is 9.46. The minimum atomic E-state index is -0.428. The van der Waals surface area contributed by atoms with Crippen molar-refractivity contribution in [2.45, 2.75) is 99.0 Å². The number of carbonyl (C=O) groups excluding carboxylic acids is 2. The molecule has 0 aromatic rings. The van der Waals surface area contributed by atoms with Crippen molar-refractivity contribution in [1.29, 1.82) is 0 Å². The molecule has 0 N–H and O–H groups in total. The molecule has 0 aromatic heterocycles. The van der Waals surface area contributed by atoms with Crippen molar-refractivity contribution in [2.75, 3.05) is 13.7 Å². The molecule has 1 amide bonds. The first kappa shape index (κ1) is 23.1. The van der Waals surface area contributed by atoms with E-state index in [1.54, 1.807) is 0 Å². The van der Waals surface area contributed by atoms with E-state index in [0.717, 1.165) is 30.6 Å². The Bertz CT molecular complexity index is 726. The molecule has 1 unspecified atom stereocenters. The number of fused-ring (bicyclic) bond motifs is 5. The first-order chi connectivity index (χ1) is 14.4. The van der Waals surface area contributed by atoms with Crippen LogP contribution in [-0.4, -0.2) is 36.5 Å². The molecule has 4 heteroatoms. The average Bonchev–Trinajstić information content (AvgIpc) is 3.05. The molecular formula is C27H45NO3. The first-order valence-electron chi connectivity index (χ1n) is 12.8. The van der Waals surface area contributed by atoms with Gasteiger partial charge in [0.15, 0.2) is 0 Å². The minimum Gasteiger partial charge on any atom is -0.465 e. The summed E-state index contributed by atoms with van der Waals surface area (Å²) in [6.07, 6.45) is 9.46. The Balaban J connectivity index is 1.48. The summed E-state index contributed by atoms with van der Waals surface area (Å²) in [5.74, 6) is 3.68. The highest BCUT2D eigenvalue weighted by Gasteiger charge is 2.61. The van der Waals surface area contributed by atoms with Gasteiger partial charge in [0.2, 0.25) is 5.91 Å². The molecule has 0 aromatic carbocycles. The van der Waals surface area contributed by atoms with Crippen molar-refractivity contribution in [2.24, 2.45) is 45.8 Å². The summed E-state index contributed by atoms with van der Waals surface area (Å²) in [4.78, 5) is 26.8. The average molecular weight is 432 g/mol. The summed E-state index contributed by atoms with van der Waals surface area (Å²) < 4.78 is 5.74. The molecule has 1 aliphatic heterocycles. The van der Waals surface area contributed by atoms with Gasteiger partial charge in [-0.05, 0) is 106 Å². The van der Waals surface area contributed by atoms with E-state index in [-0.39, 0.29) is 5.97 Å². The summed E-state index contributed by atoms with van der Waals surface area (Å²) in [6.45, 7) is 13.7. The first-order valence-corrected chi connectivity index (χ1v) is 12.8. The maximum absolute atomic E-state index is 12.4. The van der Waals surface area contributed by atoms with E-state index in [9.17, 15) is 9.59 Å². The van der Waals surface area contributed by atoms with E-state index in [1.165, 1.54) is 38.5 Å². The number of amides is 1. The summed E-state index contributed by atoms with van der Waals surface area (Å²) in [5.41, 5.74) is 0.232. The second-order valence-electron chi connectivity index (χ2n) is 13.0. The van der Waals surface area contributed by atoms with Gasteiger partial charge >= 0.3 is 5.97 Å². The van der Waals surface area contributed by atoms with Gasteiger partial charge in [0.25, 0.3) is 0 Å². The van der Waals surface area contributed by atoms with Crippen molar-refractivity contribution in [1.82, 2.24) is 4.90 Å². The van der Waals surface area contributed by atoms with Gasteiger partial charge in [0.05, 0.1) is 12.0 Å². The molecule has 0 spiro atoms. The Hall–Kier alpha value is -1.06.